The number of ether oxygens (including phenoxy) is 2. The van der Waals surface area contributed by atoms with Gasteiger partial charge in [0.25, 0.3) is 0 Å². The number of aromatic nitrogens is 3. The molecule has 1 aliphatic carbocycles. The monoisotopic (exact) mass is 531 g/mol. The Morgan fingerprint density at radius 3 is 2.90 bits per heavy atom. The van der Waals surface area contributed by atoms with E-state index >= 15 is 0 Å². The van der Waals surface area contributed by atoms with Crippen molar-refractivity contribution >= 4 is 16.7 Å². The topological polar surface area (TPSA) is 104 Å². The number of benzene rings is 1. The van der Waals surface area contributed by atoms with Crippen LogP contribution in [0.4, 0.5) is 0 Å². The van der Waals surface area contributed by atoms with Crippen LogP contribution in [0.1, 0.15) is 76.6 Å². The maximum absolute atomic E-state index is 11.7. The van der Waals surface area contributed by atoms with Crippen LogP contribution >= 0.6 is 0 Å². The van der Waals surface area contributed by atoms with Gasteiger partial charge in [0.05, 0.1) is 36.1 Å². The summed E-state index contributed by atoms with van der Waals surface area (Å²) in [4.78, 5) is 24.8. The van der Waals surface area contributed by atoms with Gasteiger partial charge in [-0.25, -0.2) is 9.97 Å². The molecular formula is C31H41N5O3. The van der Waals surface area contributed by atoms with E-state index in [0.717, 1.165) is 66.8 Å². The van der Waals surface area contributed by atoms with E-state index in [2.05, 4.69) is 27.8 Å². The predicted molar refractivity (Wildman–Crippen MR) is 151 cm³/mol. The summed E-state index contributed by atoms with van der Waals surface area (Å²) < 4.78 is 11.9. The Bertz CT molecular complexity index is 1300. The Balaban J connectivity index is 1.16. The molecule has 4 atom stereocenters. The third-order valence-corrected chi connectivity index (χ3v) is 9.08. The molecule has 4 heterocycles. The first-order valence-electron chi connectivity index (χ1n) is 14.7. The van der Waals surface area contributed by atoms with Crippen LogP contribution in [0.15, 0.2) is 36.5 Å². The number of carbonyl (C=O) groups is 1. The van der Waals surface area contributed by atoms with Gasteiger partial charge >= 0.3 is 0 Å². The zero-order chi connectivity index (χ0) is 26.8. The van der Waals surface area contributed by atoms with E-state index in [4.69, 9.17) is 19.4 Å². The number of nitrogens with one attached hydrogen (secondary N) is 3. The average Bonchev–Trinajstić information content (AvgIpc) is 3.83. The molecule has 0 radical (unpaired) electrons. The molecule has 1 unspecified atom stereocenters. The Morgan fingerprint density at radius 1 is 1.23 bits per heavy atom. The lowest BCUT2D eigenvalue weighted by molar-refractivity contribution is -0.118. The summed E-state index contributed by atoms with van der Waals surface area (Å²) in [5, 5.41) is 8.35. The lowest BCUT2D eigenvalue weighted by Gasteiger charge is -2.23. The van der Waals surface area contributed by atoms with Crippen LogP contribution in [0.25, 0.3) is 22.2 Å². The molecule has 0 bridgehead atoms. The number of carbonyl (C=O) groups excluding carboxylic acids is 1. The minimum atomic E-state index is 0.0535. The van der Waals surface area contributed by atoms with Gasteiger partial charge in [-0.1, -0.05) is 38.0 Å². The van der Waals surface area contributed by atoms with Crippen LogP contribution in [-0.2, 0) is 9.53 Å². The number of ketones is 1. The number of pyridine rings is 1. The lowest BCUT2D eigenvalue weighted by atomic mass is 9.91. The molecule has 39 heavy (non-hydrogen) atoms. The Labute approximate surface area is 230 Å². The molecule has 2 saturated heterocycles. The van der Waals surface area contributed by atoms with Crippen molar-refractivity contribution in [1.82, 2.24) is 25.6 Å². The van der Waals surface area contributed by atoms with Crippen molar-refractivity contribution in [3.63, 3.8) is 0 Å². The zero-order valence-corrected chi connectivity index (χ0v) is 23.2. The highest BCUT2D eigenvalue weighted by molar-refractivity contribution is 5.85. The van der Waals surface area contributed by atoms with Gasteiger partial charge in [-0.3, -0.25) is 10.1 Å². The molecule has 1 aromatic carbocycles. The van der Waals surface area contributed by atoms with Crippen molar-refractivity contribution in [2.75, 3.05) is 20.2 Å². The predicted octanol–water partition coefficient (Wildman–Crippen LogP) is 5.31. The highest BCUT2D eigenvalue weighted by Gasteiger charge is 2.64. The van der Waals surface area contributed by atoms with E-state index in [-0.39, 0.29) is 12.3 Å². The summed E-state index contributed by atoms with van der Waals surface area (Å²) in [5.41, 5.74) is 3.20. The fourth-order valence-corrected chi connectivity index (χ4v) is 6.53. The molecule has 6 rings (SSSR count). The number of imidazole rings is 1. The van der Waals surface area contributed by atoms with E-state index in [1.165, 1.54) is 19.3 Å². The summed E-state index contributed by atoms with van der Waals surface area (Å²) in [6.45, 7) is 4.20. The molecule has 208 valence electrons. The SMILES string of the molecule is CCC(=O)CCCCC[C@H](N[C@@H]1O[C@@H]1C1CC12CCNCC2)c1ncc(-c2cc3ccccc3nc2OC)[nH]1. The van der Waals surface area contributed by atoms with Crippen molar-refractivity contribution in [2.24, 2.45) is 11.3 Å². The normalized spacial score (nSPS) is 24.1. The number of unbranched alkanes of at least 4 members (excludes halogenated alkanes) is 2. The van der Waals surface area contributed by atoms with Gasteiger partial charge < -0.3 is 19.8 Å². The number of piperidine rings is 1. The van der Waals surface area contributed by atoms with Gasteiger partial charge in [0.1, 0.15) is 23.9 Å². The van der Waals surface area contributed by atoms with Crippen molar-refractivity contribution < 1.29 is 14.3 Å². The highest BCUT2D eigenvalue weighted by atomic mass is 16.6. The molecule has 1 saturated carbocycles. The smallest absolute Gasteiger partial charge is 0.223 e. The number of rotatable bonds is 13. The maximum Gasteiger partial charge on any atom is 0.223 e. The number of methoxy groups -OCH3 is 1. The molecule has 8 nitrogen and oxygen atoms in total. The first kappa shape index (κ1) is 26.4. The van der Waals surface area contributed by atoms with Gasteiger partial charge in [0.2, 0.25) is 5.88 Å². The minimum absolute atomic E-state index is 0.0535. The third kappa shape index (κ3) is 5.74. The second kappa shape index (κ2) is 11.4. The number of fused-ring (bicyclic) bond motifs is 1. The number of hydrogen-bond donors (Lipinski definition) is 3. The number of hydrogen-bond acceptors (Lipinski definition) is 7. The van der Waals surface area contributed by atoms with Crippen LogP contribution in [0.2, 0.25) is 0 Å². The quantitative estimate of drug-likeness (QED) is 0.203. The summed E-state index contributed by atoms with van der Waals surface area (Å²) in [6, 6.07) is 10.2. The first-order chi connectivity index (χ1) is 19.1. The van der Waals surface area contributed by atoms with E-state index in [1.54, 1.807) is 7.11 Å². The summed E-state index contributed by atoms with van der Waals surface area (Å²) in [6.07, 6.45) is 11.4. The molecule has 3 aromatic rings. The van der Waals surface area contributed by atoms with Crippen LogP contribution in [0.3, 0.4) is 0 Å². The van der Waals surface area contributed by atoms with E-state index in [1.807, 2.05) is 31.3 Å². The molecule has 2 aliphatic heterocycles. The maximum atomic E-state index is 11.7. The molecule has 1 spiro atoms. The van der Waals surface area contributed by atoms with Gasteiger partial charge in [-0.2, -0.15) is 0 Å². The standard InChI is InChI=1S/C31H41N5O3/c1-3-21(37)10-5-4-6-12-25(36-30-27(39-30)23-18-31(23)13-15-32-16-14-31)28-33-19-26(34-28)22-17-20-9-7-8-11-24(20)35-29(22)38-2/h7-9,11,17,19,23,25,27,30,32,36H,3-6,10,12-16,18H2,1-2H3,(H,33,34)/t23?,25-,27+,30+/m0/s1. The van der Waals surface area contributed by atoms with E-state index in [0.29, 0.717) is 41.9 Å². The summed E-state index contributed by atoms with van der Waals surface area (Å²) in [7, 11) is 1.66. The Morgan fingerprint density at radius 2 is 2.08 bits per heavy atom. The Hall–Kier alpha value is -2.81. The molecule has 0 amide bonds. The fourth-order valence-electron chi connectivity index (χ4n) is 6.53. The van der Waals surface area contributed by atoms with Gasteiger partial charge in [-0.05, 0) is 68.7 Å². The highest BCUT2D eigenvalue weighted by Crippen LogP contribution is 2.63. The molecule has 2 aromatic heterocycles. The number of nitrogens with zero attached hydrogens (tertiary/aromatic N) is 2. The van der Waals surface area contributed by atoms with Crippen LogP contribution < -0.4 is 15.4 Å². The molecule has 3 fully saturated rings. The number of para-hydroxylation sites is 1. The zero-order valence-electron chi connectivity index (χ0n) is 23.2. The Kier molecular flexibility index (Phi) is 7.69. The molecule has 3 aliphatic rings. The summed E-state index contributed by atoms with van der Waals surface area (Å²) >= 11 is 0. The van der Waals surface area contributed by atoms with Gasteiger partial charge in [0.15, 0.2) is 0 Å². The van der Waals surface area contributed by atoms with E-state index < -0.39 is 0 Å². The second-order valence-corrected chi connectivity index (χ2v) is 11.6. The van der Waals surface area contributed by atoms with Crippen LogP contribution in [-0.4, -0.2) is 53.3 Å². The van der Waals surface area contributed by atoms with Crippen LogP contribution in [0, 0.1) is 11.3 Å². The first-order valence-corrected chi connectivity index (χ1v) is 14.7. The molecule has 8 heteroatoms. The lowest BCUT2D eigenvalue weighted by Crippen LogP contribution is -2.31. The minimum Gasteiger partial charge on any atom is -0.480 e. The average molecular weight is 532 g/mol. The van der Waals surface area contributed by atoms with Gasteiger partial charge in [-0.15, -0.1) is 0 Å². The number of aromatic amines is 1. The van der Waals surface area contributed by atoms with Crippen molar-refractivity contribution in [3.8, 4) is 17.1 Å². The largest absolute Gasteiger partial charge is 0.480 e. The number of epoxide rings is 1. The van der Waals surface area contributed by atoms with Crippen molar-refractivity contribution in [3.05, 3.63) is 42.4 Å². The van der Waals surface area contributed by atoms with E-state index in [9.17, 15) is 4.79 Å². The fraction of sp³-hybridized carbons (Fsp3) is 0.581. The van der Waals surface area contributed by atoms with Crippen molar-refractivity contribution in [2.45, 2.75) is 83.1 Å². The van der Waals surface area contributed by atoms with Gasteiger partial charge in [0, 0.05) is 18.2 Å². The molecular weight excluding hydrogens is 490 g/mol. The molecule has 3 N–H and O–H groups in total. The number of Topliss-reactive ketones (excluding diaryl/α,β-unsaturated/α-hetero) is 1. The second-order valence-electron chi connectivity index (χ2n) is 11.6. The summed E-state index contributed by atoms with van der Waals surface area (Å²) in [5.74, 6) is 2.52. The number of H-pyrrole nitrogens is 1. The van der Waals surface area contributed by atoms with Crippen molar-refractivity contribution in [1.29, 1.82) is 0 Å². The van der Waals surface area contributed by atoms with Crippen LogP contribution in [0.5, 0.6) is 5.88 Å². The third-order valence-electron chi connectivity index (χ3n) is 9.08.